The van der Waals surface area contributed by atoms with Gasteiger partial charge >= 0.3 is 0 Å². The summed E-state index contributed by atoms with van der Waals surface area (Å²) in [5.41, 5.74) is 1.08. The zero-order chi connectivity index (χ0) is 19.6. The molecule has 1 aromatic heterocycles. The van der Waals surface area contributed by atoms with Gasteiger partial charge in [-0.3, -0.25) is 19.3 Å². The van der Waals surface area contributed by atoms with Crippen LogP contribution in [0.1, 0.15) is 6.92 Å². The van der Waals surface area contributed by atoms with Crippen molar-refractivity contribution < 1.29 is 23.2 Å². The standard InChI is InChI=1S/C13H14F2N6O3S3/c1-5(22)9-6(3-27-13-17-19-20-18-13)2-25-11-8(10(24)21(9)11)16-7(23)4-26-12(14)15/h8,11-12H,2-4H2,1H3,(H,16,23)(H,17,18,19,20). The first-order valence-corrected chi connectivity index (χ1v) is 10.7. The zero-order valence-electron chi connectivity index (χ0n) is 13.8. The Hall–Kier alpha value is -1.67. The van der Waals surface area contributed by atoms with Crippen LogP contribution in [0.15, 0.2) is 16.4 Å². The number of fused-ring (bicyclic) bond motifs is 1. The molecule has 0 radical (unpaired) electrons. The van der Waals surface area contributed by atoms with Gasteiger partial charge in [0.15, 0.2) is 5.78 Å². The Bertz CT molecular complexity index is 775. The Morgan fingerprint density at radius 1 is 1.48 bits per heavy atom. The molecular weight excluding hydrogens is 422 g/mol. The molecule has 0 saturated carbocycles. The Morgan fingerprint density at radius 2 is 2.26 bits per heavy atom. The van der Waals surface area contributed by atoms with Gasteiger partial charge in [-0.1, -0.05) is 23.5 Å². The number of rotatable bonds is 8. The SMILES string of the molecule is CC(=O)C1=C(CSc2nn[nH]n2)CSC2C(NC(=O)CSC(F)F)C(=O)N12. The van der Waals surface area contributed by atoms with E-state index in [9.17, 15) is 23.2 Å². The van der Waals surface area contributed by atoms with Gasteiger partial charge in [-0.15, -0.1) is 22.0 Å². The largest absolute Gasteiger partial charge is 0.341 e. The second-order valence-corrected chi connectivity index (χ2v) is 8.54. The summed E-state index contributed by atoms with van der Waals surface area (Å²) >= 11 is 2.88. The third-order valence-electron chi connectivity index (χ3n) is 3.74. The molecule has 2 atom stereocenters. The number of H-pyrrole nitrogens is 1. The minimum Gasteiger partial charge on any atom is -0.341 e. The molecule has 0 aliphatic carbocycles. The van der Waals surface area contributed by atoms with Crippen LogP contribution in [0.4, 0.5) is 8.78 Å². The van der Waals surface area contributed by atoms with Gasteiger partial charge in [0.05, 0.1) is 11.4 Å². The summed E-state index contributed by atoms with van der Waals surface area (Å²) in [7, 11) is 0. The molecule has 0 bridgehead atoms. The number of nitrogens with zero attached hydrogens (tertiary/aromatic N) is 4. The summed E-state index contributed by atoms with van der Waals surface area (Å²) in [6, 6.07) is -0.818. The van der Waals surface area contributed by atoms with Crippen molar-refractivity contribution in [3.63, 3.8) is 0 Å². The second kappa shape index (κ2) is 8.56. The van der Waals surface area contributed by atoms with Crippen LogP contribution in [0.25, 0.3) is 0 Å². The zero-order valence-corrected chi connectivity index (χ0v) is 16.3. The topological polar surface area (TPSA) is 121 Å². The van der Waals surface area contributed by atoms with Gasteiger partial charge in [0.2, 0.25) is 11.1 Å². The van der Waals surface area contributed by atoms with E-state index in [2.05, 4.69) is 25.9 Å². The Balaban J connectivity index is 1.67. The number of tetrazole rings is 1. The molecule has 9 nitrogen and oxygen atoms in total. The number of amides is 2. The summed E-state index contributed by atoms with van der Waals surface area (Å²) in [4.78, 5) is 37.7. The van der Waals surface area contributed by atoms with Crippen molar-refractivity contribution in [2.45, 2.75) is 29.3 Å². The van der Waals surface area contributed by atoms with Gasteiger partial charge in [0, 0.05) is 18.4 Å². The van der Waals surface area contributed by atoms with Crippen LogP contribution in [0.5, 0.6) is 0 Å². The van der Waals surface area contributed by atoms with E-state index in [1.54, 1.807) is 0 Å². The number of aromatic amines is 1. The van der Waals surface area contributed by atoms with Crippen LogP contribution in [-0.2, 0) is 14.4 Å². The average molecular weight is 436 g/mol. The van der Waals surface area contributed by atoms with Crippen LogP contribution < -0.4 is 5.32 Å². The van der Waals surface area contributed by atoms with Crippen LogP contribution >= 0.6 is 35.3 Å². The minimum atomic E-state index is -2.65. The maximum absolute atomic E-state index is 12.5. The maximum atomic E-state index is 12.5. The number of halogens is 2. The number of Topliss-reactive ketones (excluding diaryl/α,β-unsaturated/α-hetero) is 1. The highest BCUT2D eigenvalue weighted by atomic mass is 32.2. The van der Waals surface area contributed by atoms with Gasteiger partial charge in [0.25, 0.3) is 11.7 Å². The Morgan fingerprint density at radius 3 is 2.89 bits per heavy atom. The van der Waals surface area contributed by atoms with Crippen LogP contribution in [-0.4, -0.2) is 77.6 Å². The van der Waals surface area contributed by atoms with Crippen molar-refractivity contribution >= 4 is 52.9 Å². The fourth-order valence-electron chi connectivity index (χ4n) is 2.68. The second-order valence-electron chi connectivity index (χ2n) is 5.52. The van der Waals surface area contributed by atoms with Crippen molar-refractivity contribution in [2.24, 2.45) is 0 Å². The third-order valence-corrected chi connectivity index (χ3v) is 6.68. The first-order valence-electron chi connectivity index (χ1n) is 7.61. The van der Waals surface area contributed by atoms with Gasteiger partial charge < -0.3 is 5.32 Å². The molecule has 14 heteroatoms. The van der Waals surface area contributed by atoms with Crippen molar-refractivity contribution in [3.05, 3.63) is 11.3 Å². The number of carbonyl (C=O) groups excluding carboxylic acids is 3. The van der Waals surface area contributed by atoms with E-state index in [1.165, 1.54) is 35.3 Å². The van der Waals surface area contributed by atoms with Crippen LogP contribution in [0, 0.1) is 0 Å². The normalized spacial score (nSPS) is 21.9. The third kappa shape index (κ3) is 4.43. The molecule has 1 fully saturated rings. The highest BCUT2D eigenvalue weighted by Crippen LogP contribution is 2.41. The molecule has 1 aromatic rings. The number of allylic oxidation sites excluding steroid dienone is 1. The Labute approximate surface area is 164 Å². The van der Waals surface area contributed by atoms with Gasteiger partial charge in [-0.25, -0.2) is 0 Å². The molecule has 3 heterocycles. The summed E-state index contributed by atoms with van der Waals surface area (Å²) in [6.07, 6.45) is 0. The van der Waals surface area contributed by atoms with Gasteiger partial charge in [-0.05, 0) is 10.8 Å². The maximum Gasteiger partial charge on any atom is 0.285 e. The number of hydrogen-bond donors (Lipinski definition) is 2. The van der Waals surface area contributed by atoms with E-state index in [0.29, 0.717) is 22.4 Å². The summed E-state index contributed by atoms with van der Waals surface area (Å²) < 4.78 is 24.3. The number of nitrogens with one attached hydrogen (secondary N) is 2. The Kier molecular flexibility index (Phi) is 6.37. The number of thioether (sulfide) groups is 3. The van der Waals surface area contributed by atoms with Crippen molar-refractivity contribution in [3.8, 4) is 0 Å². The molecule has 146 valence electrons. The first kappa shape index (κ1) is 20.1. The predicted octanol–water partition coefficient (Wildman–Crippen LogP) is 0.491. The lowest BCUT2D eigenvalue weighted by Gasteiger charge is -2.50. The number of β-lactam (4-membered cyclic amide) rings is 1. The smallest absolute Gasteiger partial charge is 0.285 e. The fraction of sp³-hybridized carbons (Fsp3) is 0.538. The molecule has 0 aromatic carbocycles. The highest BCUT2D eigenvalue weighted by molar-refractivity contribution is 8.01. The van der Waals surface area contributed by atoms with Crippen molar-refractivity contribution in [2.75, 3.05) is 17.3 Å². The van der Waals surface area contributed by atoms with E-state index < -0.39 is 34.7 Å². The predicted molar refractivity (Wildman–Crippen MR) is 96.1 cm³/mol. The molecule has 3 rings (SSSR count). The average Bonchev–Trinajstić information content (AvgIpc) is 3.15. The number of hydrogen-bond acceptors (Lipinski definition) is 9. The monoisotopic (exact) mass is 436 g/mol. The molecule has 2 N–H and O–H groups in total. The lowest BCUT2D eigenvalue weighted by atomic mass is 10.0. The molecule has 2 unspecified atom stereocenters. The summed E-state index contributed by atoms with van der Waals surface area (Å²) in [5.74, 6) is -3.48. The first-order chi connectivity index (χ1) is 12.9. The molecule has 27 heavy (non-hydrogen) atoms. The molecule has 0 spiro atoms. The van der Waals surface area contributed by atoms with Gasteiger partial charge in [0.1, 0.15) is 11.4 Å². The van der Waals surface area contributed by atoms with Crippen LogP contribution in [0.2, 0.25) is 0 Å². The number of ketones is 1. The highest BCUT2D eigenvalue weighted by Gasteiger charge is 2.53. The van der Waals surface area contributed by atoms with E-state index in [-0.39, 0.29) is 17.5 Å². The van der Waals surface area contributed by atoms with Gasteiger partial charge in [-0.2, -0.15) is 14.0 Å². The molecule has 1 saturated heterocycles. The number of alkyl halides is 2. The van der Waals surface area contributed by atoms with E-state index in [1.807, 2.05) is 0 Å². The number of carbonyl (C=O) groups is 3. The molecular formula is C13H14F2N6O3S3. The van der Waals surface area contributed by atoms with E-state index in [4.69, 9.17) is 0 Å². The number of aromatic nitrogens is 4. The lowest BCUT2D eigenvalue weighted by molar-refractivity contribution is -0.147. The minimum absolute atomic E-state index is 0.195. The lowest BCUT2D eigenvalue weighted by Crippen LogP contribution is -2.70. The molecule has 2 aliphatic heterocycles. The van der Waals surface area contributed by atoms with E-state index >= 15 is 0 Å². The fourth-order valence-corrected chi connectivity index (χ4v) is 5.26. The van der Waals surface area contributed by atoms with Crippen molar-refractivity contribution in [1.82, 2.24) is 30.8 Å². The van der Waals surface area contributed by atoms with Crippen molar-refractivity contribution in [1.29, 1.82) is 0 Å². The molecule has 2 amide bonds. The van der Waals surface area contributed by atoms with Crippen LogP contribution in [0.3, 0.4) is 0 Å². The quantitative estimate of drug-likeness (QED) is 0.443. The summed E-state index contributed by atoms with van der Waals surface area (Å²) in [6.45, 7) is 1.37. The molecule has 2 aliphatic rings. The van der Waals surface area contributed by atoms with E-state index in [0.717, 1.165) is 5.57 Å². The summed E-state index contributed by atoms with van der Waals surface area (Å²) in [5, 5.41) is 15.9.